The summed E-state index contributed by atoms with van der Waals surface area (Å²) in [5, 5.41) is 3.17. The molecule has 4 nitrogen and oxygen atoms in total. The maximum absolute atomic E-state index is 11.5. The average Bonchev–Trinajstić information content (AvgIpc) is 2.23. The highest BCUT2D eigenvalue weighted by atomic mass is 35.5. The number of halogens is 1. The van der Waals surface area contributed by atoms with Gasteiger partial charge in [0.1, 0.15) is 0 Å². The topological polar surface area (TPSA) is 72.2 Å². The molecule has 0 aliphatic heterocycles. The number of anilines is 2. The summed E-state index contributed by atoms with van der Waals surface area (Å²) in [5.41, 5.74) is 6.66. The summed E-state index contributed by atoms with van der Waals surface area (Å²) in [7, 11) is -0.853. The molecule has 1 rings (SSSR count). The van der Waals surface area contributed by atoms with E-state index in [0.717, 1.165) is 0 Å². The number of nitrogens with two attached hydrogens (primary N) is 1. The van der Waals surface area contributed by atoms with Crippen LogP contribution in [0, 0.1) is 0 Å². The van der Waals surface area contributed by atoms with Crippen molar-refractivity contribution in [1.82, 2.24) is 0 Å². The number of carbonyl (C=O) groups is 1. The van der Waals surface area contributed by atoms with E-state index in [2.05, 4.69) is 5.32 Å². The van der Waals surface area contributed by atoms with Gasteiger partial charge in [-0.1, -0.05) is 11.6 Å². The highest BCUT2D eigenvalue weighted by molar-refractivity contribution is 7.84. The minimum absolute atomic E-state index is 0.114. The third kappa shape index (κ3) is 5.19. The molecule has 17 heavy (non-hydrogen) atoms. The fraction of sp³-hybridized carbons (Fsp3) is 0.364. The number of hydrogen-bond donors (Lipinski definition) is 2. The highest BCUT2D eigenvalue weighted by Crippen LogP contribution is 2.22. The Labute approximate surface area is 108 Å². The number of benzene rings is 1. The molecule has 0 spiro atoms. The van der Waals surface area contributed by atoms with Gasteiger partial charge < -0.3 is 11.1 Å². The first-order valence-electron chi connectivity index (χ1n) is 5.14. The smallest absolute Gasteiger partial charge is 0.224 e. The van der Waals surface area contributed by atoms with E-state index in [0.29, 0.717) is 35.0 Å². The van der Waals surface area contributed by atoms with Crippen molar-refractivity contribution in [3.63, 3.8) is 0 Å². The molecule has 0 fully saturated rings. The van der Waals surface area contributed by atoms with Crippen LogP contribution in [0.5, 0.6) is 0 Å². The molecule has 1 atom stereocenters. The molecule has 0 aromatic heterocycles. The van der Waals surface area contributed by atoms with E-state index in [9.17, 15) is 9.00 Å². The Morgan fingerprint density at radius 1 is 1.53 bits per heavy atom. The van der Waals surface area contributed by atoms with Crippen LogP contribution in [0.4, 0.5) is 11.4 Å². The predicted molar refractivity (Wildman–Crippen MR) is 72.7 cm³/mol. The summed E-state index contributed by atoms with van der Waals surface area (Å²) >= 11 is 5.76. The van der Waals surface area contributed by atoms with Crippen LogP contribution in [-0.4, -0.2) is 22.1 Å². The number of carbonyl (C=O) groups excluding carboxylic acids is 1. The third-order valence-corrected chi connectivity index (χ3v) is 3.32. The Hall–Kier alpha value is -1.07. The molecule has 1 aromatic rings. The second-order valence-corrected chi connectivity index (χ2v) is 5.63. The van der Waals surface area contributed by atoms with Crippen molar-refractivity contribution < 1.29 is 9.00 Å². The zero-order valence-electron chi connectivity index (χ0n) is 9.53. The molecule has 94 valence electrons. The van der Waals surface area contributed by atoms with Crippen LogP contribution in [-0.2, 0) is 15.6 Å². The lowest BCUT2D eigenvalue weighted by Gasteiger charge is -2.06. The Bertz CT molecular complexity index is 437. The van der Waals surface area contributed by atoms with Gasteiger partial charge in [0.2, 0.25) is 5.91 Å². The zero-order chi connectivity index (χ0) is 12.8. The normalized spacial score (nSPS) is 12.1. The van der Waals surface area contributed by atoms with Crippen molar-refractivity contribution in [2.24, 2.45) is 0 Å². The third-order valence-electron chi connectivity index (χ3n) is 2.12. The Balaban J connectivity index is 2.45. The summed E-state index contributed by atoms with van der Waals surface area (Å²) < 4.78 is 10.8. The fourth-order valence-corrected chi connectivity index (χ4v) is 1.95. The Morgan fingerprint density at radius 3 is 2.82 bits per heavy atom. The molecule has 0 bridgehead atoms. The van der Waals surface area contributed by atoms with Gasteiger partial charge >= 0.3 is 0 Å². The molecule has 3 N–H and O–H groups in total. The van der Waals surface area contributed by atoms with Gasteiger partial charge in [-0.2, -0.15) is 0 Å². The van der Waals surface area contributed by atoms with Crippen molar-refractivity contribution in [2.75, 3.05) is 23.1 Å². The van der Waals surface area contributed by atoms with Crippen LogP contribution in [0.1, 0.15) is 12.8 Å². The van der Waals surface area contributed by atoms with E-state index < -0.39 is 10.8 Å². The van der Waals surface area contributed by atoms with Gasteiger partial charge in [-0.25, -0.2) is 0 Å². The molecule has 1 amide bonds. The molecule has 0 aliphatic carbocycles. The van der Waals surface area contributed by atoms with Crippen LogP contribution < -0.4 is 11.1 Å². The molecule has 1 aromatic carbocycles. The first kappa shape index (κ1) is 14.0. The quantitative estimate of drug-likeness (QED) is 0.807. The number of rotatable bonds is 5. The first-order valence-corrected chi connectivity index (χ1v) is 7.24. The van der Waals surface area contributed by atoms with Crippen LogP contribution in [0.25, 0.3) is 0 Å². The lowest BCUT2D eigenvalue weighted by Crippen LogP contribution is -2.12. The molecule has 0 saturated heterocycles. The lowest BCUT2D eigenvalue weighted by atomic mass is 10.2. The maximum atomic E-state index is 11.5. The van der Waals surface area contributed by atoms with E-state index in [1.807, 2.05) is 0 Å². The van der Waals surface area contributed by atoms with Gasteiger partial charge in [0.05, 0.1) is 10.7 Å². The van der Waals surface area contributed by atoms with Gasteiger partial charge in [0.15, 0.2) is 0 Å². The van der Waals surface area contributed by atoms with Crippen molar-refractivity contribution in [2.45, 2.75) is 12.8 Å². The van der Waals surface area contributed by atoms with Crippen molar-refractivity contribution >= 4 is 39.7 Å². The summed E-state index contributed by atoms with van der Waals surface area (Å²) in [5.74, 6) is 0.424. The Kier molecular flexibility index (Phi) is 5.44. The van der Waals surface area contributed by atoms with Crippen LogP contribution in [0.2, 0.25) is 5.02 Å². The van der Waals surface area contributed by atoms with E-state index in [-0.39, 0.29) is 5.91 Å². The van der Waals surface area contributed by atoms with E-state index in [1.165, 1.54) is 0 Å². The van der Waals surface area contributed by atoms with Gasteiger partial charge in [0.25, 0.3) is 0 Å². The van der Waals surface area contributed by atoms with Crippen molar-refractivity contribution in [1.29, 1.82) is 0 Å². The molecule has 0 aliphatic rings. The standard InChI is InChI=1S/C11H15ClN2O2S/c1-17(16)6-2-3-11(15)14-8-4-5-9(12)10(13)7-8/h4-5,7H,2-3,6,13H2,1H3,(H,14,15). The van der Waals surface area contributed by atoms with Gasteiger partial charge in [-0.3, -0.25) is 9.00 Å². The largest absolute Gasteiger partial charge is 0.397 e. The van der Waals surface area contributed by atoms with E-state index >= 15 is 0 Å². The summed E-state index contributed by atoms with van der Waals surface area (Å²) in [6.45, 7) is 0. The number of nitrogen functional groups attached to an aromatic ring is 1. The first-order chi connectivity index (χ1) is 7.99. The molecule has 0 heterocycles. The number of hydrogen-bond acceptors (Lipinski definition) is 3. The second-order valence-electron chi connectivity index (χ2n) is 3.67. The minimum Gasteiger partial charge on any atom is -0.397 e. The fourth-order valence-electron chi connectivity index (χ4n) is 1.28. The molecule has 1 unspecified atom stereocenters. The molecule has 0 radical (unpaired) electrons. The van der Waals surface area contributed by atoms with Gasteiger partial charge in [0, 0.05) is 34.9 Å². The predicted octanol–water partition coefficient (Wildman–Crippen LogP) is 2.02. The summed E-state index contributed by atoms with van der Waals surface area (Å²) in [6.07, 6.45) is 2.58. The average molecular weight is 275 g/mol. The summed E-state index contributed by atoms with van der Waals surface area (Å²) in [6, 6.07) is 4.93. The van der Waals surface area contributed by atoms with Crippen LogP contribution in [0.3, 0.4) is 0 Å². The molecular formula is C11H15ClN2O2S. The molecule has 6 heteroatoms. The van der Waals surface area contributed by atoms with Crippen molar-refractivity contribution in [3.05, 3.63) is 23.2 Å². The van der Waals surface area contributed by atoms with Gasteiger partial charge in [-0.05, 0) is 24.6 Å². The highest BCUT2D eigenvalue weighted by Gasteiger charge is 2.04. The summed E-state index contributed by atoms with van der Waals surface area (Å²) in [4.78, 5) is 11.5. The number of nitrogens with one attached hydrogen (secondary N) is 1. The molecule has 0 saturated carbocycles. The van der Waals surface area contributed by atoms with Crippen LogP contribution >= 0.6 is 11.6 Å². The minimum atomic E-state index is -0.853. The van der Waals surface area contributed by atoms with Gasteiger partial charge in [-0.15, -0.1) is 0 Å². The molecular weight excluding hydrogens is 260 g/mol. The van der Waals surface area contributed by atoms with E-state index in [1.54, 1.807) is 24.5 Å². The van der Waals surface area contributed by atoms with Crippen molar-refractivity contribution in [3.8, 4) is 0 Å². The maximum Gasteiger partial charge on any atom is 0.224 e. The lowest BCUT2D eigenvalue weighted by molar-refractivity contribution is -0.116. The SMILES string of the molecule is CS(=O)CCCC(=O)Nc1ccc(Cl)c(N)c1. The van der Waals surface area contributed by atoms with E-state index in [4.69, 9.17) is 17.3 Å². The second kappa shape index (κ2) is 6.61. The monoisotopic (exact) mass is 274 g/mol. The van der Waals surface area contributed by atoms with Crippen LogP contribution in [0.15, 0.2) is 18.2 Å². The Morgan fingerprint density at radius 2 is 2.24 bits per heavy atom. The zero-order valence-corrected chi connectivity index (χ0v) is 11.1. The number of amides is 1.